The zero-order valence-electron chi connectivity index (χ0n) is 8.09. The Hall–Kier alpha value is -2.01. The van der Waals surface area contributed by atoms with E-state index in [1.807, 2.05) is 0 Å². The number of nitrogens with zero attached hydrogens (tertiary/aromatic N) is 2. The topological polar surface area (TPSA) is 81.1 Å². The minimum atomic E-state index is -1.08. The lowest BCUT2D eigenvalue weighted by Gasteiger charge is -2.03. The first-order valence-corrected chi connectivity index (χ1v) is 4.80. The minimum absolute atomic E-state index is 0.0137. The summed E-state index contributed by atoms with van der Waals surface area (Å²) in [6, 6.07) is 7.94. The molecule has 3 N–H and O–H groups in total. The van der Waals surface area contributed by atoms with Gasteiger partial charge in [0.25, 0.3) is 0 Å². The first-order valence-electron chi connectivity index (χ1n) is 4.42. The number of nitrogen functional groups attached to an aromatic ring is 1. The second-order valence-electron chi connectivity index (χ2n) is 3.15. The fraction of sp³-hybridized carbons (Fsp3) is 0. The highest BCUT2D eigenvalue weighted by atomic mass is 35.5. The molecule has 0 saturated heterocycles. The van der Waals surface area contributed by atoms with Gasteiger partial charge in [0.1, 0.15) is 5.82 Å². The summed E-state index contributed by atoms with van der Waals surface area (Å²) in [5.74, 6) is -0.925. The van der Waals surface area contributed by atoms with E-state index in [2.05, 4.69) is 5.10 Å². The van der Waals surface area contributed by atoms with Crippen LogP contribution >= 0.6 is 11.6 Å². The Balaban J connectivity index is 2.55. The Kier molecular flexibility index (Phi) is 2.54. The van der Waals surface area contributed by atoms with Crippen LogP contribution in [0.5, 0.6) is 0 Å². The van der Waals surface area contributed by atoms with Gasteiger partial charge in [0.05, 0.1) is 5.69 Å². The van der Waals surface area contributed by atoms with Crippen LogP contribution in [-0.2, 0) is 0 Å². The van der Waals surface area contributed by atoms with Crippen LogP contribution in [0.1, 0.15) is 10.5 Å². The third-order valence-corrected chi connectivity index (χ3v) is 2.27. The summed E-state index contributed by atoms with van der Waals surface area (Å²) in [5, 5.41) is 13.4. The molecule has 0 radical (unpaired) electrons. The fourth-order valence-corrected chi connectivity index (χ4v) is 1.46. The predicted octanol–water partition coefficient (Wildman–Crippen LogP) is 1.81. The molecule has 0 spiro atoms. The predicted molar refractivity (Wildman–Crippen MR) is 59.9 cm³/mol. The maximum Gasteiger partial charge on any atom is 0.354 e. The van der Waals surface area contributed by atoms with Gasteiger partial charge in [0, 0.05) is 11.1 Å². The van der Waals surface area contributed by atoms with Crippen molar-refractivity contribution in [3.05, 3.63) is 41.0 Å². The molecule has 0 unspecified atom stereocenters. The van der Waals surface area contributed by atoms with E-state index in [0.717, 1.165) is 0 Å². The van der Waals surface area contributed by atoms with Gasteiger partial charge < -0.3 is 10.8 Å². The van der Waals surface area contributed by atoms with E-state index >= 15 is 0 Å². The van der Waals surface area contributed by atoms with Crippen molar-refractivity contribution in [2.75, 3.05) is 5.73 Å². The molecule has 2 aromatic rings. The van der Waals surface area contributed by atoms with E-state index in [9.17, 15) is 4.79 Å². The SMILES string of the molecule is Nc1cc(C(=O)O)n(-c2ccc(Cl)cc2)n1. The van der Waals surface area contributed by atoms with Crippen molar-refractivity contribution in [3.8, 4) is 5.69 Å². The molecular weight excluding hydrogens is 230 g/mol. The average molecular weight is 238 g/mol. The lowest BCUT2D eigenvalue weighted by molar-refractivity contribution is 0.0687. The molecule has 0 aliphatic rings. The highest BCUT2D eigenvalue weighted by Gasteiger charge is 2.14. The van der Waals surface area contributed by atoms with E-state index in [1.54, 1.807) is 24.3 Å². The summed E-state index contributed by atoms with van der Waals surface area (Å²) >= 11 is 5.74. The molecular formula is C10H8ClN3O2. The maximum absolute atomic E-state index is 10.9. The lowest BCUT2D eigenvalue weighted by Crippen LogP contribution is -2.07. The van der Waals surface area contributed by atoms with Crippen LogP contribution in [0.25, 0.3) is 5.69 Å². The fourth-order valence-electron chi connectivity index (χ4n) is 1.33. The van der Waals surface area contributed by atoms with E-state index in [4.69, 9.17) is 22.4 Å². The van der Waals surface area contributed by atoms with Gasteiger partial charge >= 0.3 is 5.97 Å². The second kappa shape index (κ2) is 3.86. The molecule has 5 nitrogen and oxygen atoms in total. The molecule has 0 amide bonds. The number of hydrogen-bond acceptors (Lipinski definition) is 3. The lowest BCUT2D eigenvalue weighted by atomic mass is 10.3. The van der Waals surface area contributed by atoms with Crippen LogP contribution in [0.4, 0.5) is 5.82 Å². The van der Waals surface area contributed by atoms with Crippen molar-refractivity contribution >= 4 is 23.4 Å². The number of hydrogen-bond donors (Lipinski definition) is 2. The van der Waals surface area contributed by atoms with E-state index in [-0.39, 0.29) is 11.5 Å². The number of carboxylic acids is 1. The Morgan fingerprint density at radius 3 is 2.56 bits per heavy atom. The number of benzene rings is 1. The number of carbonyl (C=O) groups is 1. The second-order valence-corrected chi connectivity index (χ2v) is 3.58. The molecule has 1 heterocycles. The Morgan fingerprint density at radius 1 is 1.38 bits per heavy atom. The van der Waals surface area contributed by atoms with Gasteiger partial charge in [-0.25, -0.2) is 9.48 Å². The van der Waals surface area contributed by atoms with Gasteiger partial charge in [0.2, 0.25) is 0 Å². The summed E-state index contributed by atoms with van der Waals surface area (Å²) < 4.78 is 1.26. The Bertz CT molecular complexity index is 533. The van der Waals surface area contributed by atoms with Gasteiger partial charge in [-0.3, -0.25) is 0 Å². The molecule has 1 aromatic heterocycles. The quantitative estimate of drug-likeness (QED) is 0.835. The summed E-state index contributed by atoms with van der Waals surface area (Å²) in [7, 11) is 0. The molecule has 6 heteroatoms. The summed E-state index contributed by atoms with van der Waals surface area (Å²) in [6.45, 7) is 0. The summed E-state index contributed by atoms with van der Waals surface area (Å²) in [5.41, 5.74) is 6.07. The van der Waals surface area contributed by atoms with Crippen LogP contribution in [-0.4, -0.2) is 20.9 Å². The van der Waals surface area contributed by atoms with E-state index in [1.165, 1.54) is 10.7 Å². The number of halogens is 1. The molecule has 0 aliphatic carbocycles. The van der Waals surface area contributed by atoms with Gasteiger partial charge in [-0.05, 0) is 24.3 Å². The zero-order valence-corrected chi connectivity index (χ0v) is 8.85. The van der Waals surface area contributed by atoms with E-state index < -0.39 is 5.97 Å². The Labute approximate surface area is 96.1 Å². The molecule has 16 heavy (non-hydrogen) atoms. The van der Waals surface area contributed by atoms with Crippen LogP contribution in [0.15, 0.2) is 30.3 Å². The van der Waals surface area contributed by atoms with Crippen LogP contribution < -0.4 is 5.73 Å². The number of carboxylic acid groups (broad SMARTS) is 1. The molecule has 2 rings (SSSR count). The average Bonchev–Trinajstić information content (AvgIpc) is 2.61. The highest BCUT2D eigenvalue weighted by Crippen LogP contribution is 2.16. The molecule has 0 saturated carbocycles. The van der Waals surface area contributed by atoms with Crippen molar-refractivity contribution in [1.29, 1.82) is 0 Å². The first-order chi connectivity index (χ1) is 7.58. The number of anilines is 1. The number of rotatable bonds is 2. The van der Waals surface area contributed by atoms with Gasteiger partial charge in [-0.1, -0.05) is 11.6 Å². The van der Waals surface area contributed by atoms with Crippen molar-refractivity contribution in [1.82, 2.24) is 9.78 Å². The molecule has 0 aliphatic heterocycles. The first kappa shape index (κ1) is 10.5. The molecule has 0 fully saturated rings. The maximum atomic E-state index is 10.9. The Morgan fingerprint density at radius 2 is 2.00 bits per heavy atom. The van der Waals surface area contributed by atoms with Gasteiger partial charge in [-0.2, -0.15) is 0 Å². The molecule has 82 valence electrons. The molecule has 1 aromatic carbocycles. The van der Waals surface area contributed by atoms with Crippen LogP contribution in [0.3, 0.4) is 0 Å². The van der Waals surface area contributed by atoms with Gasteiger partial charge in [-0.15, -0.1) is 5.10 Å². The number of aromatic nitrogens is 2. The molecule has 0 bridgehead atoms. The van der Waals surface area contributed by atoms with Gasteiger partial charge in [0.15, 0.2) is 5.69 Å². The normalized spacial score (nSPS) is 10.3. The summed E-state index contributed by atoms with van der Waals surface area (Å²) in [6.07, 6.45) is 0. The molecule has 0 atom stereocenters. The monoisotopic (exact) mass is 237 g/mol. The largest absolute Gasteiger partial charge is 0.477 e. The third kappa shape index (κ3) is 1.85. The standard InChI is InChI=1S/C10H8ClN3O2/c11-6-1-3-7(4-2-6)14-8(10(15)16)5-9(12)13-14/h1-5H,(H2,12,13)(H,15,16). The van der Waals surface area contributed by atoms with Crippen molar-refractivity contribution in [2.24, 2.45) is 0 Å². The highest BCUT2D eigenvalue weighted by molar-refractivity contribution is 6.30. The zero-order chi connectivity index (χ0) is 11.7. The smallest absolute Gasteiger partial charge is 0.354 e. The van der Waals surface area contributed by atoms with Crippen molar-refractivity contribution in [2.45, 2.75) is 0 Å². The minimum Gasteiger partial charge on any atom is -0.477 e. The third-order valence-electron chi connectivity index (χ3n) is 2.02. The van der Waals surface area contributed by atoms with Crippen LogP contribution in [0, 0.1) is 0 Å². The van der Waals surface area contributed by atoms with Crippen molar-refractivity contribution in [3.63, 3.8) is 0 Å². The van der Waals surface area contributed by atoms with E-state index in [0.29, 0.717) is 10.7 Å². The van der Waals surface area contributed by atoms with Crippen molar-refractivity contribution < 1.29 is 9.90 Å². The number of nitrogens with two attached hydrogens (primary N) is 1. The van der Waals surface area contributed by atoms with Crippen LogP contribution in [0.2, 0.25) is 5.02 Å². The number of aromatic carboxylic acids is 1. The summed E-state index contributed by atoms with van der Waals surface area (Å²) in [4.78, 5) is 10.9.